The van der Waals surface area contributed by atoms with Gasteiger partial charge in [0.15, 0.2) is 0 Å². The summed E-state index contributed by atoms with van der Waals surface area (Å²) in [7, 11) is 1.34. The van der Waals surface area contributed by atoms with Gasteiger partial charge < -0.3 is 16.3 Å². The van der Waals surface area contributed by atoms with Crippen LogP contribution in [0.25, 0.3) is 0 Å². The summed E-state index contributed by atoms with van der Waals surface area (Å²) in [5.74, 6) is 4.63. The van der Waals surface area contributed by atoms with Crippen LogP contribution in [0.3, 0.4) is 0 Å². The highest BCUT2D eigenvalue weighted by Gasteiger charge is 2.56. The van der Waals surface area contributed by atoms with Crippen LogP contribution in [0.2, 0.25) is 0 Å². The van der Waals surface area contributed by atoms with Gasteiger partial charge in [0.05, 0.1) is 19.9 Å². The third-order valence-electron chi connectivity index (χ3n) is 3.91. The summed E-state index contributed by atoms with van der Waals surface area (Å²) >= 11 is 0. The number of rotatable bonds is 7. The number of benzene rings is 1. The molecular formula is C16H18F4N6O. The van der Waals surface area contributed by atoms with E-state index in [1.165, 1.54) is 13.2 Å². The van der Waals surface area contributed by atoms with Crippen LogP contribution >= 0.6 is 0 Å². The quantitative estimate of drug-likeness (QED) is 0.218. The molecule has 0 radical (unpaired) electrons. The van der Waals surface area contributed by atoms with E-state index in [1.807, 2.05) is 0 Å². The molecule has 6 N–H and O–H groups in total. The van der Waals surface area contributed by atoms with E-state index in [4.69, 9.17) is 22.2 Å². The lowest BCUT2D eigenvalue weighted by Crippen LogP contribution is -2.59. The molecular weight excluding hydrogens is 368 g/mol. The van der Waals surface area contributed by atoms with Crippen LogP contribution in [0.15, 0.2) is 41.6 Å². The molecule has 0 aliphatic carbocycles. The number of hydrogen-bond acceptors (Lipinski definition) is 6. The molecule has 2 rings (SSSR count). The van der Waals surface area contributed by atoms with Gasteiger partial charge in [-0.1, -0.05) is 6.07 Å². The van der Waals surface area contributed by atoms with E-state index in [9.17, 15) is 8.78 Å². The van der Waals surface area contributed by atoms with Crippen LogP contribution in [-0.4, -0.2) is 30.0 Å². The van der Waals surface area contributed by atoms with Crippen molar-refractivity contribution in [2.24, 2.45) is 22.5 Å². The maximum absolute atomic E-state index is 15.4. The molecule has 0 aliphatic heterocycles. The predicted octanol–water partition coefficient (Wildman–Crippen LogP) is 1.39. The lowest BCUT2D eigenvalue weighted by molar-refractivity contribution is -0.0964. The Balaban J connectivity index is 2.62. The van der Waals surface area contributed by atoms with Crippen molar-refractivity contribution in [3.63, 3.8) is 0 Å². The van der Waals surface area contributed by atoms with E-state index < -0.39 is 40.9 Å². The molecule has 0 spiro atoms. The molecule has 146 valence electrons. The highest BCUT2D eigenvalue weighted by Crippen LogP contribution is 2.44. The van der Waals surface area contributed by atoms with Gasteiger partial charge in [-0.15, -0.1) is 0 Å². The summed E-state index contributed by atoms with van der Waals surface area (Å²) in [5.41, 5.74) is 1.82. The second-order valence-electron chi connectivity index (χ2n) is 5.69. The van der Waals surface area contributed by atoms with E-state index in [2.05, 4.69) is 10.1 Å². The van der Waals surface area contributed by atoms with E-state index in [0.29, 0.717) is 11.1 Å². The summed E-state index contributed by atoms with van der Waals surface area (Å²) in [4.78, 5) is 3.64. The van der Waals surface area contributed by atoms with E-state index in [0.717, 1.165) is 30.7 Å². The number of ether oxygens (including phenoxy) is 1. The fourth-order valence-corrected chi connectivity index (χ4v) is 2.53. The van der Waals surface area contributed by atoms with Crippen LogP contribution < -0.4 is 22.2 Å². The fourth-order valence-electron chi connectivity index (χ4n) is 2.53. The highest BCUT2D eigenvalue weighted by molar-refractivity contribution is 5.54. The maximum Gasteiger partial charge on any atom is 0.313 e. The number of hydrazine groups is 1. The van der Waals surface area contributed by atoms with Gasteiger partial charge in [-0.3, -0.25) is 9.99 Å². The number of pyridine rings is 1. The third-order valence-corrected chi connectivity index (χ3v) is 3.91. The zero-order chi connectivity index (χ0) is 20.2. The van der Waals surface area contributed by atoms with Crippen molar-refractivity contribution in [2.75, 3.05) is 13.7 Å². The third kappa shape index (κ3) is 3.93. The Morgan fingerprint density at radius 3 is 2.48 bits per heavy atom. The van der Waals surface area contributed by atoms with Gasteiger partial charge in [-0.2, -0.15) is 13.9 Å². The van der Waals surface area contributed by atoms with Crippen LogP contribution in [0.4, 0.5) is 17.6 Å². The molecule has 11 heteroatoms. The van der Waals surface area contributed by atoms with Crippen molar-refractivity contribution in [1.82, 2.24) is 9.99 Å². The van der Waals surface area contributed by atoms with Gasteiger partial charge in [-0.05, 0) is 18.2 Å². The van der Waals surface area contributed by atoms with Gasteiger partial charge in [-0.25, -0.2) is 14.6 Å². The highest BCUT2D eigenvalue weighted by atomic mass is 19.3. The molecule has 1 unspecified atom stereocenters. The zero-order valence-corrected chi connectivity index (χ0v) is 14.2. The second kappa shape index (κ2) is 7.76. The molecule has 0 saturated heterocycles. The molecule has 0 aliphatic rings. The maximum atomic E-state index is 15.4. The largest absolute Gasteiger partial charge is 0.495 e. The van der Waals surface area contributed by atoms with Gasteiger partial charge >= 0.3 is 5.92 Å². The predicted molar refractivity (Wildman–Crippen MR) is 90.5 cm³/mol. The first-order valence-corrected chi connectivity index (χ1v) is 7.53. The number of hydrazone groups is 1. The Morgan fingerprint density at radius 2 is 1.96 bits per heavy atom. The Labute approximate surface area is 152 Å². The van der Waals surface area contributed by atoms with Crippen LogP contribution in [0, 0.1) is 11.6 Å². The minimum atomic E-state index is -3.92. The standard InChI is InChI=1S/C16H18F4N6O/c1-27-11-3-5-14(24-7-11)16(19,20)15(21,8-26(23)9-25-22)12-4-2-10(17)6-13(12)18/h2-7,9H,8,21-23H2,1H3/b25-9-. The molecule has 1 atom stereocenters. The van der Waals surface area contributed by atoms with Crippen molar-refractivity contribution in [1.29, 1.82) is 0 Å². The zero-order valence-electron chi connectivity index (χ0n) is 14.2. The van der Waals surface area contributed by atoms with Crippen molar-refractivity contribution in [2.45, 2.75) is 11.5 Å². The van der Waals surface area contributed by atoms with Crippen molar-refractivity contribution in [3.8, 4) is 5.75 Å². The number of aromatic nitrogens is 1. The SMILES string of the molecule is COc1ccc(C(F)(F)C(N)(CN(N)/C=N\N)c2ccc(F)cc2F)nc1. The second-order valence-corrected chi connectivity index (χ2v) is 5.69. The molecule has 0 saturated carbocycles. The number of methoxy groups -OCH3 is 1. The molecule has 1 aromatic heterocycles. The van der Waals surface area contributed by atoms with Gasteiger partial charge in [0, 0.05) is 11.6 Å². The smallest absolute Gasteiger partial charge is 0.313 e. The Kier molecular flexibility index (Phi) is 5.86. The Hall–Kier alpha value is -2.92. The summed E-state index contributed by atoms with van der Waals surface area (Å²) in [6, 6.07) is 4.33. The van der Waals surface area contributed by atoms with Crippen LogP contribution in [0.5, 0.6) is 5.75 Å². The number of nitrogens with zero attached hydrogens (tertiary/aromatic N) is 3. The number of halogens is 4. The van der Waals surface area contributed by atoms with E-state index in [-0.39, 0.29) is 5.75 Å². The number of nitrogens with two attached hydrogens (primary N) is 3. The lowest BCUT2D eigenvalue weighted by Gasteiger charge is -2.39. The fraction of sp³-hybridized carbons (Fsp3) is 0.250. The minimum absolute atomic E-state index is 0.237. The van der Waals surface area contributed by atoms with Crippen molar-refractivity contribution < 1.29 is 22.3 Å². The Bertz CT molecular complexity index is 817. The van der Waals surface area contributed by atoms with E-state index >= 15 is 8.78 Å². The van der Waals surface area contributed by atoms with Gasteiger partial charge in [0.2, 0.25) is 0 Å². The summed E-state index contributed by atoms with van der Waals surface area (Å²) in [5, 5.41) is 3.78. The molecule has 27 heavy (non-hydrogen) atoms. The number of alkyl halides is 2. The molecule has 2 aromatic rings. The normalized spacial score (nSPS) is 14.2. The first kappa shape index (κ1) is 20.4. The molecule has 0 bridgehead atoms. The molecule has 1 heterocycles. The number of hydrogen-bond donors (Lipinski definition) is 3. The van der Waals surface area contributed by atoms with Crippen LogP contribution in [0.1, 0.15) is 11.3 Å². The topological polar surface area (TPSA) is 116 Å². The van der Waals surface area contributed by atoms with E-state index in [1.54, 1.807) is 0 Å². The molecule has 0 fully saturated rings. The van der Waals surface area contributed by atoms with Crippen molar-refractivity contribution in [3.05, 3.63) is 59.4 Å². The monoisotopic (exact) mass is 386 g/mol. The van der Waals surface area contributed by atoms with Crippen LogP contribution in [-0.2, 0) is 11.5 Å². The first-order valence-electron chi connectivity index (χ1n) is 7.53. The average Bonchev–Trinajstić information content (AvgIpc) is 2.61. The van der Waals surface area contributed by atoms with Gasteiger partial charge in [0.1, 0.15) is 35.0 Å². The average molecular weight is 386 g/mol. The Morgan fingerprint density at radius 1 is 1.26 bits per heavy atom. The van der Waals surface area contributed by atoms with Crippen molar-refractivity contribution >= 4 is 6.34 Å². The summed E-state index contributed by atoms with van der Waals surface area (Å²) in [6.45, 7) is -0.809. The molecule has 1 aromatic carbocycles. The summed E-state index contributed by atoms with van der Waals surface area (Å²) < 4.78 is 63.2. The van der Waals surface area contributed by atoms with Gasteiger partial charge in [0.25, 0.3) is 0 Å². The molecule has 7 nitrogen and oxygen atoms in total. The molecule has 0 amide bonds. The lowest BCUT2D eigenvalue weighted by atomic mass is 9.82. The minimum Gasteiger partial charge on any atom is -0.495 e. The summed E-state index contributed by atoms with van der Waals surface area (Å²) in [6.07, 6.45) is 1.90. The first-order chi connectivity index (χ1) is 12.7.